The topological polar surface area (TPSA) is 73.4 Å². The lowest BCUT2D eigenvalue weighted by molar-refractivity contribution is -0.384. The summed E-state index contributed by atoms with van der Waals surface area (Å²) in [6.45, 7) is 3.76. The van der Waals surface area contributed by atoms with Gasteiger partial charge in [-0.3, -0.25) is 15.0 Å². The second-order valence-electron chi connectivity index (χ2n) is 5.35. The first kappa shape index (κ1) is 12.9. The van der Waals surface area contributed by atoms with E-state index in [0.29, 0.717) is 17.3 Å². The van der Waals surface area contributed by atoms with E-state index in [1.54, 1.807) is 12.1 Å². The van der Waals surface area contributed by atoms with Crippen LogP contribution in [0.1, 0.15) is 18.4 Å². The molecule has 2 aliphatic heterocycles. The first-order valence-electron chi connectivity index (χ1n) is 6.86. The molecule has 0 aliphatic carbocycles. The summed E-state index contributed by atoms with van der Waals surface area (Å²) in [6, 6.07) is 7.21. The molecule has 0 bridgehead atoms. The quantitative estimate of drug-likeness (QED) is 0.605. The smallest absolute Gasteiger partial charge is 0.293 e. The molecule has 2 aliphatic rings. The standard InChI is InChI=1S/C14H16N4O2/c15-9-11-3-4-13(14(8-11)18(19)20)17-7-6-16-5-1-2-12(16)10-17/h3-4,8,12H,1-2,5-7,10H2/t12-/m0/s1. The van der Waals surface area contributed by atoms with Gasteiger partial charge < -0.3 is 4.90 Å². The minimum absolute atomic E-state index is 0.0375. The third-order valence-electron chi connectivity index (χ3n) is 4.23. The Balaban J connectivity index is 1.90. The van der Waals surface area contributed by atoms with Gasteiger partial charge >= 0.3 is 0 Å². The van der Waals surface area contributed by atoms with Crippen molar-refractivity contribution in [2.24, 2.45) is 0 Å². The van der Waals surface area contributed by atoms with Crippen molar-refractivity contribution in [3.8, 4) is 6.07 Å². The minimum atomic E-state index is -0.392. The average Bonchev–Trinajstić information content (AvgIpc) is 2.93. The van der Waals surface area contributed by atoms with Crippen LogP contribution in [0.25, 0.3) is 0 Å². The molecule has 1 aromatic carbocycles. The molecule has 3 rings (SSSR count). The number of hydrogen-bond acceptors (Lipinski definition) is 5. The fourth-order valence-electron chi connectivity index (χ4n) is 3.22. The lowest BCUT2D eigenvalue weighted by Crippen LogP contribution is -2.50. The highest BCUT2D eigenvalue weighted by Crippen LogP contribution is 2.32. The van der Waals surface area contributed by atoms with Crippen molar-refractivity contribution >= 4 is 11.4 Å². The second kappa shape index (κ2) is 5.10. The number of nitriles is 1. The predicted molar refractivity (Wildman–Crippen MR) is 74.6 cm³/mol. The minimum Gasteiger partial charge on any atom is -0.363 e. The van der Waals surface area contributed by atoms with E-state index < -0.39 is 4.92 Å². The molecule has 0 radical (unpaired) electrons. The molecule has 104 valence electrons. The molecule has 0 aromatic heterocycles. The molecule has 6 nitrogen and oxygen atoms in total. The molecular formula is C14H16N4O2. The third kappa shape index (κ3) is 2.21. The Kier molecular flexibility index (Phi) is 3.28. The van der Waals surface area contributed by atoms with Crippen molar-refractivity contribution < 1.29 is 4.92 Å². The first-order chi connectivity index (χ1) is 9.69. The van der Waals surface area contributed by atoms with Crippen LogP contribution in [0.15, 0.2) is 18.2 Å². The third-order valence-corrected chi connectivity index (χ3v) is 4.23. The van der Waals surface area contributed by atoms with Gasteiger partial charge in [-0.05, 0) is 31.5 Å². The summed E-state index contributed by atoms with van der Waals surface area (Å²) in [5.74, 6) is 0. The molecule has 0 unspecified atom stereocenters. The average molecular weight is 272 g/mol. The molecular weight excluding hydrogens is 256 g/mol. The number of anilines is 1. The Morgan fingerprint density at radius 1 is 1.35 bits per heavy atom. The Morgan fingerprint density at radius 2 is 2.20 bits per heavy atom. The van der Waals surface area contributed by atoms with E-state index in [4.69, 9.17) is 5.26 Å². The van der Waals surface area contributed by atoms with Gasteiger partial charge in [-0.25, -0.2) is 0 Å². The molecule has 2 fully saturated rings. The predicted octanol–water partition coefficient (Wildman–Crippen LogP) is 1.75. The van der Waals surface area contributed by atoms with Crippen LogP contribution in [-0.2, 0) is 0 Å². The zero-order valence-electron chi connectivity index (χ0n) is 11.2. The Hall–Kier alpha value is -2.13. The van der Waals surface area contributed by atoms with Gasteiger partial charge in [-0.15, -0.1) is 0 Å². The number of hydrogen-bond donors (Lipinski definition) is 0. The SMILES string of the molecule is N#Cc1ccc(N2CCN3CCC[C@H]3C2)c([N+](=O)[O-])c1. The molecule has 1 aromatic rings. The molecule has 1 atom stereocenters. The van der Waals surface area contributed by atoms with E-state index in [9.17, 15) is 10.1 Å². The van der Waals surface area contributed by atoms with E-state index >= 15 is 0 Å². The van der Waals surface area contributed by atoms with Crippen LogP contribution in [-0.4, -0.2) is 42.0 Å². The van der Waals surface area contributed by atoms with Crippen molar-refractivity contribution in [2.75, 3.05) is 31.1 Å². The summed E-state index contributed by atoms with van der Waals surface area (Å²) >= 11 is 0. The summed E-state index contributed by atoms with van der Waals surface area (Å²) in [7, 11) is 0. The Labute approximate surface area is 117 Å². The fraction of sp³-hybridized carbons (Fsp3) is 0.500. The molecule has 6 heteroatoms. The number of nitro benzene ring substituents is 1. The molecule has 0 spiro atoms. The molecule has 0 N–H and O–H groups in total. The summed E-state index contributed by atoms with van der Waals surface area (Å²) in [6.07, 6.45) is 2.38. The number of piperazine rings is 1. The highest BCUT2D eigenvalue weighted by Gasteiger charge is 2.32. The van der Waals surface area contributed by atoms with Gasteiger partial charge in [0.1, 0.15) is 5.69 Å². The number of fused-ring (bicyclic) bond motifs is 1. The van der Waals surface area contributed by atoms with Crippen LogP contribution in [0.3, 0.4) is 0 Å². The summed E-state index contributed by atoms with van der Waals surface area (Å²) in [5.41, 5.74) is 1.01. The summed E-state index contributed by atoms with van der Waals surface area (Å²) in [5, 5.41) is 20.1. The molecule has 0 amide bonds. The van der Waals surface area contributed by atoms with Gasteiger partial charge in [0.2, 0.25) is 0 Å². The number of nitrogens with zero attached hydrogens (tertiary/aromatic N) is 4. The lowest BCUT2D eigenvalue weighted by atomic mass is 10.1. The van der Waals surface area contributed by atoms with Crippen LogP contribution >= 0.6 is 0 Å². The maximum absolute atomic E-state index is 11.2. The molecule has 2 heterocycles. The molecule has 2 saturated heterocycles. The maximum Gasteiger partial charge on any atom is 0.293 e. The number of rotatable bonds is 2. The highest BCUT2D eigenvalue weighted by atomic mass is 16.6. The van der Waals surface area contributed by atoms with Gasteiger partial charge in [0.05, 0.1) is 16.6 Å². The normalized spacial score (nSPS) is 22.4. The number of benzene rings is 1. The van der Waals surface area contributed by atoms with E-state index in [2.05, 4.69) is 9.80 Å². The van der Waals surface area contributed by atoms with Gasteiger partial charge in [-0.2, -0.15) is 5.26 Å². The van der Waals surface area contributed by atoms with Crippen LogP contribution in [0.4, 0.5) is 11.4 Å². The van der Waals surface area contributed by atoms with Crippen LogP contribution in [0, 0.1) is 21.4 Å². The van der Waals surface area contributed by atoms with Gasteiger partial charge in [0.15, 0.2) is 0 Å². The largest absolute Gasteiger partial charge is 0.363 e. The van der Waals surface area contributed by atoms with Crippen LogP contribution < -0.4 is 4.90 Å². The zero-order chi connectivity index (χ0) is 14.1. The second-order valence-corrected chi connectivity index (χ2v) is 5.35. The lowest BCUT2D eigenvalue weighted by Gasteiger charge is -2.38. The zero-order valence-corrected chi connectivity index (χ0v) is 11.2. The van der Waals surface area contributed by atoms with Crippen LogP contribution in [0.5, 0.6) is 0 Å². The number of nitro groups is 1. The Bertz CT molecular complexity index is 581. The van der Waals surface area contributed by atoms with Crippen molar-refractivity contribution in [1.82, 2.24) is 4.90 Å². The van der Waals surface area contributed by atoms with Gasteiger partial charge in [0, 0.05) is 31.7 Å². The van der Waals surface area contributed by atoms with E-state index in [1.807, 2.05) is 6.07 Å². The Morgan fingerprint density at radius 3 is 2.95 bits per heavy atom. The fourth-order valence-corrected chi connectivity index (χ4v) is 3.22. The van der Waals surface area contributed by atoms with E-state index in [-0.39, 0.29) is 5.69 Å². The van der Waals surface area contributed by atoms with Crippen molar-refractivity contribution in [2.45, 2.75) is 18.9 Å². The maximum atomic E-state index is 11.2. The summed E-state index contributed by atoms with van der Waals surface area (Å²) < 4.78 is 0. The first-order valence-corrected chi connectivity index (χ1v) is 6.86. The van der Waals surface area contributed by atoms with Gasteiger partial charge in [0.25, 0.3) is 5.69 Å². The van der Waals surface area contributed by atoms with Crippen LogP contribution in [0.2, 0.25) is 0 Å². The van der Waals surface area contributed by atoms with Crippen molar-refractivity contribution in [3.05, 3.63) is 33.9 Å². The highest BCUT2D eigenvalue weighted by molar-refractivity contribution is 5.66. The molecule has 20 heavy (non-hydrogen) atoms. The van der Waals surface area contributed by atoms with E-state index in [0.717, 1.165) is 26.2 Å². The molecule has 0 saturated carbocycles. The van der Waals surface area contributed by atoms with E-state index in [1.165, 1.54) is 18.9 Å². The monoisotopic (exact) mass is 272 g/mol. The van der Waals surface area contributed by atoms with Gasteiger partial charge in [-0.1, -0.05) is 0 Å². The van der Waals surface area contributed by atoms with Crippen molar-refractivity contribution in [3.63, 3.8) is 0 Å². The summed E-state index contributed by atoms with van der Waals surface area (Å²) in [4.78, 5) is 15.4. The van der Waals surface area contributed by atoms with Crippen molar-refractivity contribution in [1.29, 1.82) is 5.26 Å².